The summed E-state index contributed by atoms with van der Waals surface area (Å²) >= 11 is 2.17. The first-order chi connectivity index (χ1) is 11.8. The molecule has 0 aromatic heterocycles. The molecule has 0 saturated heterocycles. The molecule has 0 bridgehead atoms. The first kappa shape index (κ1) is 17.3. The first-order valence-electron chi connectivity index (χ1n) is 9.03. The second kappa shape index (κ2) is 5.96. The topological polar surface area (TPSA) is 63.6 Å². The lowest BCUT2D eigenvalue weighted by atomic mass is 9.55. The van der Waals surface area contributed by atoms with Gasteiger partial charge in [-0.3, -0.25) is 9.59 Å². The van der Waals surface area contributed by atoms with Crippen LogP contribution in [0.25, 0.3) is 0 Å². The standard InChI is InChI=1S/C20H23IO4/c1-10(22)25-17-8-11-7-16(23)15(21)9-13(11)12-5-6-20(2)14(19(12)17)3-4-18(20)24/h7,9,12,14,17,19,23H,3-6,8H2,1-2H3/t12?,14?,17-,19?,20-/m0/s1. The Labute approximate surface area is 161 Å². The van der Waals surface area contributed by atoms with Crippen LogP contribution in [-0.2, 0) is 20.7 Å². The number of rotatable bonds is 1. The summed E-state index contributed by atoms with van der Waals surface area (Å²) in [7, 11) is 0. The summed E-state index contributed by atoms with van der Waals surface area (Å²) in [6, 6.07) is 3.92. The maximum absolute atomic E-state index is 12.5. The van der Waals surface area contributed by atoms with Crippen LogP contribution in [0.1, 0.15) is 56.6 Å². The van der Waals surface area contributed by atoms with Crippen LogP contribution in [0.4, 0.5) is 0 Å². The zero-order valence-electron chi connectivity index (χ0n) is 14.5. The Bertz CT molecular complexity index is 758. The van der Waals surface area contributed by atoms with E-state index in [1.165, 1.54) is 12.5 Å². The molecular formula is C20H23IO4. The van der Waals surface area contributed by atoms with Crippen molar-refractivity contribution in [2.75, 3.05) is 0 Å². The number of phenols is 1. The van der Waals surface area contributed by atoms with Crippen molar-refractivity contribution in [2.45, 2.75) is 58.0 Å². The average molecular weight is 454 g/mol. The Hall–Kier alpha value is -1.11. The van der Waals surface area contributed by atoms with E-state index >= 15 is 0 Å². The number of hydrogen-bond donors (Lipinski definition) is 1. The van der Waals surface area contributed by atoms with Crippen molar-refractivity contribution in [3.63, 3.8) is 0 Å². The summed E-state index contributed by atoms with van der Waals surface area (Å²) in [6.07, 6.45) is 3.82. The number of hydrogen-bond acceptors (Lipinski definition) is 4. The number of aromatic hydroxyl groups is 1. The van der Waals surface area contributed by atoms with Gasteiger partial charge in [-0.25, -0.2) is 0 Å². The molecular weight excluding hydrogens is 431 g/mol. The van der Waals surface area contributed by atoms with E-state index in [-0.39, 0.29) is 35.1 Å². The Morgan fingerprint density at radius 3 is 2.84 bits per heavy atom. The highest BCUT2D eigenvalue weighted by molar-refractivity contribution is 14.1. The molecule has 134 valence electrons. The van der Waals surface area contributed by atoms with Crippen LogP contribution in [0.3, 0.4) is 0 Å². The molecule has 0 heterocycles. The van der Waals surface area contributed by atoms with Crippen molar-refractivity contribution in [3.8, 4) is 5.75 Å². The fourth-order valence-electron chi connectivity index (χ4n) is 5.68. The predicted molar refractivity (Wildman–Crippen MR) is 101 cm³/mol. The number of ketones is 1. The van der Waals surface area contributed by atoms with Gasteiger partial charge in [0.1, 0.15) is 17.6 Å². The fraction of sp³-hybridized carbons (Fsp3) is 0.600. The van der Waals surface area contributed by atoms with Crippen LogP contribution >= 0.6 is 22.6 Å². The molecule has 4 rings (SSSR count). The highest BCUT2D eigenvalue weighted by Crippen LogP contribution is 2.60. The van der Waals surface area contributed by atoms with Crippen LogP contribution in [0, 0.1) is 20.8 Å². The molecule has 5 heteroatoms. The molecule has 1 aromatic carbocycles. The second-order valence-electron chi connectivity index (χ2n) is 8.06. The van der Waals surface area contributed by atoms with Crippen molar-refractivity contribution >= 4 is 34.3 Å². The largest absolute Gasteiger partial charge is 0.507 e. The van der Waals surface area contributed by atoms with Crippen molar-refractivity contribution in [3.05, 3.63) is 26.8 Å². The molecule has 0 aliphatic heterocycles. The number of Topliss-reactive ketones (excluding diaryl/α,β-unsaturated/α-hetero) is 1. The fourth-order valence-corrected chi connectivity index (χ4v) is 6.17. The zero-order valence-corrected chi connectivity index (χ0v) is 16.7. The second-order valence-corrected chi connectivity index (χ2v) is 9.22. The molecule has 25 heavy (non-hydrogen) atoms. The molecule has 0 amide bonds. The third-order valence-corrected chi connectivity index (χ3v) is 7.68. The Morgan fingerprint density at radius 2 is 2.12 bits per heavy atom. The molecule has 3 unspecified atom stereocenters. The number of benzene rings is 1. The van der Waals surface area contributed by atoms with Gasteiger partial charge in [-0.2, -0.15) is 0 Å². The van der Waals surface area contributed by atoms with Gasteiger partial charge in [0.05, 0.1) is 3.57 Å². The van der Waals surface area contributed by atoms with Gasteiger partial charge in [0.25, 0.3) is 0 Å². The molecule has 0 radical (unpaired) electrons. The van der Waals surface area contributed by atoms with Gasteiger partial charge in [-0.1, -0.05) is 6.92 Å². The lowest BCUT2D eigenvalue weighted by molar-refractivity contribution is -0.155. The highest BCUT2D eigenvalue weighted by atomic mass is 127. The number of carbonyl (C=O) groups excluding carboxylic acids is 2. The lowest BCUT2D eigenvalue weighted by Gasteiger charge is -2.50. The summed E-state index contributed by atoms with van der Waals surface area (Å²) in [5.41, 5.74) is 2.09. The van der Waals surface area contributed by atoms with Crippen LogP contribution < -0.4 is 0 Å². The summed E-state index contributed by atoms with van der Waals surface area (Å²) in [4.78, 5) is 24.3. The number of fused-ring (bicyclic) bond motifs is 5. The van der Waals surface area contributed by atoms with E-state index in [4.69, 9.17) is 4.74 Å². The number of esters is 1. The normalized spacial score (nSPS) is 36.4. The molecule has 1 N–H and O–H groups in total. The van der Waals surface area contributed by atoms with Crippen LogP contribution in [-0.4, -0.2) is 23.0 Å². The predicted octanol–water partition coefficient (Wildman–Crippen LogP) is 3.96. The lowest BCUT2D eigenvalue weighted by Crippen LogP contribution is -2.49. The van der Waals surface area contributed by atoms with Gasteiger partial charge in [0, 0.05) is 31.1 Å². The smallest absolute Gasteiger partial charge is 0.302 e. The minimum Gasteiger partial charge on any atom is -0.507 e. The Morgan fingerprint density at radius 1 is 1.36 bits per heavy atom. The van der Waals surface area contributed by atoms with Crippen molar-refractivity contribution in [1.82, 2.24) is 0 Å². The number of carbonyl (C=O) groups is 2. The quantitative estimate of drug-likeness (QED) is 0.516. The molecule has 2 fully saturated rings. The third kappa shape index (κ3) is 2.61. The third-order valence-electron chi connectivity index (χ3n) is 6.82. The number of ether oxygens (including phenoxy) is 1. The van der Waals surface area contributed by atoms with Crippen molar-refractivity contribution in [2.24, 2.45) is 17.3 Å². The highest BCUT2D eigenvalue weighted by Gasteiger charge is 2.57. The van der Waals surface area contributed by atoms with E-state index in [1.54, 1.807) is 0 Å². The SMILES string of the molecule is CC(=O)O[C@H]1Cc2cc(O)c(I)cc2C2CC[C@]3(C)C(=O)CCC3C21. The number of halogens is 1. The molecule has 0 spiro atoms. The Kier molecular flexibility index (Phi) is 4.13. The summed E-state index contributed by atoms with van der Waals surface area (Å²) in [5, 5.41) is 10.1. The van der Waals surface area contributed by atoms with Crippen LogP contribution in [0.5, 0.6) is 5.75 Å². The monoisotopic (exact) mass is 454 g/mol. The van der Waals surface area contributed by atoms with Gasteiger partial charge in [-0.15, -0.1) is 0 Å². The molecule has 5 atom stereocenters. The van der Waals surface area contributed by atoms with E-state index in [9.17, 15) is 14.7 Å². The summed E-state index contributed by atoms with van der Waals surface area (Å²) < 4.78 is 6.60. The van der Waals surface area contributed by atoms with Gasteiger partial charge in [-0.05, 0) is 76.9 Å². The van der Waals surface area contributed by atoms with Crippen molar-refractivity contribution < 1.29 is 19.4 Å². The van der Waals surface area contributed by atoms with Crippen molar-refractivity contribution in [1.29, 1.82) is 0 Å². The minimum absolute atomic E-state index is 0.196. The number of phenolic OH excluding ortho intramolecular Hbond substituents is 1. The van der Waals surface area contributed by atoms with E-state index in [2.05, 4.69) is 35.6 Å². The first-order valence-corrected chi connectivity index (χ1v) is 10.1. The van der Waals surface area contributed by atoms with Gasteiger partial charge in [0.2, 0.25) is 0 Å². The maximum atomic E-state index is 12.5. The molecule has 1 aromatic rings. The molecule has 3 aliphatic rings. The van der Waals surface area contributed by atoms with E-state index in [0.29, 0.717) is 24.5 Å². The van der Waals surface area contributed by atoms with E-state index in [1.807, 2.05) is 6.07 Å². The van der Waals surface area contributed by atoms with Crippen LogP contribution in [0.2, 0.25) is 0 Å². The molecule has 3 aliphatic carbocycles. The summed E-state index contributed by atoms with van der Waals surface area (Å²) in [6.45, 7) is 3.57. The van der Waals surface area contributed by atoms with Gasteiger partial charge in [0.15, 0.2) is 0 Å². The summed E-state index contributed by atoms with van der Waals surface area (Å²) in [5.74, 6) is 1.18. The van der Waals surface area contributed by atoms with E-state index < -0.39 is 0 Å². The molecule has 4 nitrogen and oxygen atoms in total. The molecule has 2 saturated carbocycles. The zero-order chi connectivity index (χ0) is 17.9. The average Bonchev–Trinajstić information content (AvgIpc) is 2.84. The van der Waals surface area contributed by atoms with Crippen LogP contribution in [0.15, 0.2) is 12.1 Å². The van der Waals surface area contributed by atoms with Gasteiger partial charge < -0.3 is 9.84 Å². The van der Waals surface area contributed by atoms with Gasteiger partial charge >= 0.3 is 5.97 Å². The Balaban J connectivity index is 1.81. The van der Waals surface area contributed by atoms with E-state index in [0.717, 1.165) is 28.4 Å². The maximum Gasteiger partial charge on any atom is 0.302 e. The minimum atomic E-state index is -0.265.